The molecule has 7 heteroatoms. The van der Waals surface area contributed by atoms with Crippen molar-refractivity contribution in [3.8, 4) is 11.5 Å². The minimum absolute atomic E-state index is 0.0673. The van der Waals surface area contributed by atoms with E-state index in [1.807, 2.05) is 69.3 Å². The van der Waals surface area contributed by atoms with Crippen molar-refractivity contribution in [1.29, 1.82) is 0 Å². The molecule has 7 nitrogen and oxygen atoms in total. The first kappa shape index (κ1) is 23.1. The Morgan fingerprint density at radius 3 is 2.27 bits per heavy atom. The number of carbonyl (C=O) groups excluding carboxylic acids is 2. The predicted molar refractivity (Wildman–Crippen MR) is 116 cm³/mol. The molecule has 162 valence electrons. The molecule has 0 heterocycles. The third-order valence-corrected chi connectivity index (χ3v) is 4.53. The second kappa shape index (κ2) is 11.7. The molecule has 30 heavy (non-hydrogen) atoms. The lowest BCUT2D eigenvalue weighted by molar-refractivity contribution is -0.124. The molecule has 2 aromatic rings. The summed E-state index contributed by atoms with van der Waals surface area (Å²) in [7, 11) is 1.58. The Labute approximate surface area is 178 Å². The van der Waals surface area contributed by atoms with E-state index in [2.05, 4.69) is 16.0 Å². The quantitative estimate of drug-likeness (QED) is 0.558. The Balaban J connectivity index is 1.91. The predicted octanol–water partition coefficient (Wildman–Crippen LogP) is 3.23. The number of urea groups is 1. The molecule has 0 saturated heterocycles. The second-order valence-electron chi connectivity index (χ2n) is 7.17. The molecule has 0 bridgehead atoms. The molecule has 0 fully saturated rings. The molecule has 0 aromatic heterocycles. The maximum absolute atomic E-state index is 12.7. The van der Waals surface area contributed by atoms with Gasteiger partial charge in [0.05, 0.1) is 13.7 Å². The van der Waals surface area contributed by atoms with E-state index in [0.29, 0.717) is 31.2 Å². The first-order valence-corrected chi connectivity index (χ1v) is 10.1. The maximum Gasteiger partial charge on any atom is 0.315 e. The first-order valence-electron chi connectivity index (χ1n) is 10.1. The molecule has 3 amide bonds. The first-order chi connectivity index (χ1) is 14.4. The van der Waals surface area contributed by atoms with E-state index in [1.54, 1.807) is 7.11 Å². The average Bonchev–Trinajstić information content (AvgIpc) is 2.75. The zero-order chi connectivity index (χ0) is 21.9. The fourth-order valence-corrected chi connectivity index (χ4v) is 2.90. The summed E-state index contributed by atoms with van der Waals surface area (Å²) in [5.74, 6) is 0.962. The van der Waals surface area contributed by atoms with Gasteiger partial charge in [-0.05, 0) is 36.1 Å². The lowest BCUT2D eigenvalue weighted by Crippen LogP contribution is -2.52. The smallest absolute Gasteiger partial charge is 0.315 e. The third kappa shape index (κ3) is 6.99. The van der Waals surface area contributed by atoms with Crippen LogP contribution in [0.15, 0.2) is 48.5 Å². The van der Waals surface area contributed by atoms with E-state index in [-0.39, 0.29) is 17.9 Å². The summed E-state index contributed by atoms with van der Waals surface area (Å²) >= 11 is 0. The Bertz CT molecular complexity index is 824. The van der Waals surface area contributed by atoms with Crippen LogP contribution in [0.5, 0.6) is 11.5 Å². The second-order valence-corrected chi connectivity index (χ2v) is 7.17. The van der Waals surface area contributed by atoms with Crippen molar-refractivity contribution in [3.63, 3.8) is 0 Å². The van der Waals surface area contributed by atoms with Crippen molar-refractivity contribution in [2.75, 3.05) is 13.7 Å². The van der Waals surface area contributed by atoms with E-state index < -0.39 is 6.04 Å². The number of nitrogens with one attached hydrogen (secondary N) is 3. The molecule has 2 rings (SSSR count). The van der Waals surface area contributed by atoms with Gasteiger partial charge in [0.1, 0.15) is 6.04 Å². The van der Waals surface area contributed by atoms with E-state index in [9.17, 15) is 9.59 Å². The highest BCUT2D eigenvalue weighted by atomic mass is 16.5. The van der Waals surface area contributed by atoms with Gasteiger partial charge < -0.3 is 25.4 Å². The van der Waals surface area contributed by atoms with Crippen molar-refractivity contribution < 1.29 is 19.1 Å². The lowest BCUT2D eigenvalue weighted by atomic mass is 10.0. The SMILES string of the molecule is CCOc1ccc(CNC(=O)C(NC(=O)NCc2ccccc2)C(C)C)cc1OC. The lowest BCUT2D eigenvalue weighted by Gasteiger charge is -2.22. The topological polar surface area (TPSA) is 88.7 Å². The van der Waals surface area contributed by atoms with Crippen LogP contribution in [0.3, 0.4) is 0 Å². The van der Waals surface area contributed by atoms with Gasteiger partial charge >= 0.3 is 6.03 Å². The number of amides is 3. The van der Waals surface area contributed by atoms with Crippen LogP contribution in [0.2, 0.25) is 0 Å². The van der Waals surface area contributed by atoms with Crippen LogP contribution in [0.4, 0.5) is 4.79 Å². The molecule has 0 aliphatic carbocycles. The Morgan fingerprint density at radius 2 is 1.63 bits per heavy atom. The summed E-state index contributed by atoms with van der Waals surface area (Å²) in [5.41, 5.74) is 1.86. The maximum atomic E-state index is 12.7. The van der Waals surface area contributed by atoms with E-state index in [4.69, 9.17) is 9.47 Å². The minimum Gasteiger partial charge on any atom is -0.493 e. The van der Waals surface area contributed by atoms with Gasteiger partial charge in [0.2, 0.25) is 5.91 Å². The van der Waals surface area contributed by atoms with Crippen LogP contribution in [0.1, 0.15) is 31.9 Å². The van der Waals surface area contributed by atoms with Gasteiger partial charge in [-0.3, -0.25) is 4.79 Å². The van der Waals surface area contributed by atoms with E-state index in [0.717, 1.165) is 11.1 Å². The standard InChI is InChI=1S/C23H31N3O4/c1-5-30-19-12-11-18(13-20(19)29-4)15-24-22(27)21(16(2)3)26-23(28)25-14-17-9-7-6-8-10-17/h6-13,16,21H,5,14-15H2,1-4H3,(H,24,27)(H2,25,26,28). The van der Waals surface area contributed by atoms with Gasteiger partial charge in [-0.25, -0.2) is 4.79 Å². The van der Waals surface area contributed by atoms with Crippen LogP contribution in [0, 0.1) is 5.92 Å². The Kier molecular flexibility index (Phi) is 9.00. The zero-order valence-electron chi connectivity index (χ0n) is 18.0. The van der Waals surface area contributed by atoms with Gasteiger partial charge in [0.15, 0.2) is 11.5 Å². The van der Waals surface area contributed by atoms with Crippen LogP contribution in [-0.2, 0) is 17.9 Å². The molecule has 1 atom stereocenters. The van der Waals surface area contributed by atoms with Gasteiger partial charge in [-0.15, -0.1) is 0 Å². The molecular formula is C23H31N3O4. The molecular weight excluding hydrogens is 382 g/mol. The minimum atomic E-state index is -0.648. The summed E-state index contributed by atoms with van der Waals surface area (Å²) in [6, 6.07) is 14.1. The molecule has 0 saturated carbocycles. The van der Waals surface area contributed by atoms with Crippen molar-refractivity contribution in [2.24, 2.45) is 5.92 Å². The summed E-state index contributed by atoms with van der Waals surface area (Å²) in [6.07, 6.45) is 0. The summed E-state index contributed by atoms with van der Waals surface area (Å²) < 4.78 is 10.9. The molecule has 2 aromatic carbocycles. The number of hydrogen-bond acceptors (Lipinski definition) is 4. The molecule has 3 N–H and O–H groups in total. The van der Waals surface area contributed by atoms with Crippen LogP contribution in [-0.4, -0.2) is 31.7 Å². The van der Waals surface area contributed by atoms with E-state index >= 15 is 0 Å². The molecule has 0 aliphatic rings. The van der Waals surface area contributed by atoms with Gasteiger partial charge in [-0.2, -0.15) is 0 Å². The van der Waals surface area contributed by atoms with Crippen molar-refractivity contribution in [1.82, 2.24) is 16.0 Å². The van der Waals surface area contributed by atoms with Crippen LogP contribution < -0.4 is 25.4 Å². The zero-order valence-corrected chi connectivity index (χ0v) is 18.0. The Hall–Kier alpha value is -3.22. The van der Waals surface area contributed by atoms with Crippen LogP contribution in [0.25, 0.3) is 0 Å². The van der Waals surface area contributed by atoms with Gasteiger partial charge in [-0.1, -0.05) is 50.2 Å². The third-order valence-electron chi connectivity index (χ3n) is 4.53. The molecule has 0 aliphatic heterocycles. The fourth-order valence-electron chi connectivity index (χ4n) is 2.90. The van der Waals surface area contributed by atoms with Gasteiger partial charge in [0.25, 0.3) is 0 Å². The fraction of sp³-hybridized carbons (Fsp3) is 0.391. The number of hydrogen-bond donors (Lipinski definition) is 3. The number of benzene rings is 2. The average molecular weight is 414 g/mol. The number of rotatable bonds is 10. The monoisotopic (exact) mass is 413 g/mol. The largest absolute Gasteiger partial charge is 0.493 e. The molecule has 0 spiro atoms. The number of ether oxygens (including phenoxy) is 2. The molecule has 0 radical (unpaired) electrons. The van der Waals surface area contributed by atoms with Gasteiger partial charge in [0, 0.05) is 13.1 Å². The van der Waals surface area contributed by atoms with Crippen molar-refractivity contribution in [3.05, 3.63) is 59.7 Å². The summed E-state index contributed by atoms with van der Waals surface area (Å²) in [6.45, 7) is 6.94. The number of methoxy groups -OCH3 is 1. The highest BCUT2D eigenvalue weighted by Crippen LogP contribution is 2.28. The van der Waals surface area contributed by atoms with E-state index in [1.165, 1.54) is 0 Å². The van der Waals surface area contributed by atoms with Crippen LogP contribution >= 0.6 is 0 Å². The highest BCUT2D eigenvalue weighted by Gasteiger charge is 2.24. The number of carbonyl (C=O) groups is 2. The van der Waals surface area contributed by atoms with Crippen molar-refractivity contribution in [2.45, 2.75) is 39.9 Å². The molecule has 1 unspecified atom stereocenters. The summed E-state index contributed by atoms with van der Waals surface area (Å²) in [5, 5.41) is 8.43. The normalized spacial score (nSPS) is 11.5. The highest BCUT2D eigenvalue weighted by molar-refractivity contribution is 5.87. The summed E-state index contributed by atoms with van der Waals surface area (Å²) in [4.78, 5) is 24.9. The Morgan fingerprint density at radius 1 is 0.933 bits per heavy atom. The van der Waals surface area contributed by atoms with Crippen molar-refractivity contribution >= 4 is 11.9 Å².